The van der Waals surface area contributed by atoms with Gasteiger partial charge in [0.25, 0.3) is 6.47 Å². The smallest absolute Gasteiger partial charge is 0.293 e. The van der Waals surface area contributed by atoms with Gasteiger partial charge < -0.3 is 9.64 Å². The van der Waals surface area contributed by atoms with Crippen LogP contribution in [0, 0.1) is 0 Å². The third kappa shape index (κ3) is 6.15. The van der Waals surface area contributed by atoms with Crippen molar-refractivity contribution in [1.82, 2.24) is 4.90 Å². The summed E-state index contributed by atoms with van der Waals surface area (Å²) in [5, 5.41) is 0. The minimum Gasteiger partial charge on any atom is -0.463 e. The molecule has 1 aliphatic rings. The van der Waals surface area contributed by atoms with E-state index in [0.29, 0.717) is 18.9 Å². The fourth-order valence-electron chi connectivity index (χ4n) is 1.57. The molecule has 4 heteroatoms. The van der Waals surface area contributed by atoms with E-state index in [2.05, 4.69) is 9.64 Å². The predicted octanol–water partition coefficient (Wildman–Crippen LogP) is 1.64. The molecule has 0 radical (unpaired) electrons. The highest BCUT2D eigenvalue weighted by Crippen LogP contribution is 2.01. The van der Waals surface area contributed by atoms with E-state index in [1.807, 2.05) is 37.4 Å². The maximum atomic E-state index is 10.6. The number of ether oxygens (including phenoxy) is 1. The Bertz CT molecular complexity index is 355. The second-order valence-electron chi connectivity index (χ2n) is 4.23. The zero-order valence-electron chi connectivity index (χ0n) is 10.7. The summed E-state index contributed by atoms with van der Waals surface area (Å²) in [5.41, 5.74) is 1.01. The van der Waals surface area contributed by atoms with Crippen LogP contribution in [0.2, 0.25) is 0 Å². The molecule has 0 aromatic heterocycles. The fraction of sp³-hybridized carbons (Fsp3) is 0.429. The molecule has 0 spiro atoms. The maximum absolute atomic E-state index is 10.6. The van der Waals surface area contributed by atoms with Gasteiger partial charge in [-0.3, -0.25) is 9.59 Å². The molecule has 1 aromatic carbocycles. The van der Waals surface area contributed by atoms with E-state index < -0.39 is 0 Å². The molecule has 2 rings (SSSR count). The van der Waals surface area contributed by atoms with Crippen LogP contribution in [0.4, 0.5) is 0 Å². The third-order valence-electron chi connectivity index (χ3n) is 2.71. The molecule has 0 unspecified atom stereocenters. The molecule has 1 aliphatic heterocycles. The molecule has 4 nitrogen and oxygen atoms in total. The molecule has 1 heterocycles. The zero-order chi connectivity index (χ0) is 13.2. The summed E-state index contributed by atoms with van der Waals surface area (Å²) in [6, 6.07) is 9.55. The first-order chi connectivity index (χ1) is 8.72. The Morgan fingerprint density at radius 1 is 1.22 bits per heavy atom. The van der Waals surface area contributed by atoms with Crippen LogP contribution in [0.5, 0.6) is 0 Å². The van der Waals surface area contributed by atoms with Gasteiger partial charge in [0, 0.05) is 25.9 Å². The maximum Gasteiger partial charge on any atom is 0.293 e. The number of nitrogens with zero attached hydrogens (tertiary/aromatic N) is 1. The van der Waals surface area contributed by atoms with Crippen molar-refractivity contribution in [3.8, 4) is 0 Å². The van der Waals surface area contributed by atoms with E-state index in [1.165, 1.54) is 0 Å². The lowest BCUT2D eigenvalue weighted by atomic mass is 10.1. The van der Waals surface area contributed by atoms with Crippen LogP contribution in [0.15, 0.2) is 30.3 Å². The molecule has 1 fully saturated rings. The van der Waals surface area contributed by atoms with Gasteiger partial charge >= 0.3 is 0 Å². The lowest BCUT2D eigenvalue weighted by Crippen LogP contribution is -2.29. The van der Waals surface area contributed by atoms with Crippen molar-refractivity contribution in [2.24, 2.45) is 0 Å². The lowest BCUT2D eigenvalue weighted by Gasteiger charge is -2.19. The number of rotatable bonds is 3. The molecular weight excluding hydrogens is 230 g/mol. The monoisotopic (exact) mass is 249 g/mol. The van der Waals surface area contributed by atoms with Gasteiger partial charge in [-0.2, -0.15) is 0 Å². The van der Waals surface area contributed by atoms with Gasteiger partial charge in [0.05, 0.1) is 0 Å². The minimum absolute atomic E-state index is 0.365. The van der Waals surface area contributed by atoms with Gasteiger partial charge in [-0.1, -0.05) is 30.3 Å². The summed E-state index contributed by atoms with van der Waals surface area (Å²) in [4.78, 5) is 22.5. The second kappa shape index (κ2) is 8.42. The Balaban J connectivity index is 0.000000184. The third-order valence-corrected chi connectivity index (χ3v) is 2.71. The lowest BCUT2D eigenvalue weighted by molar-refractivity contribution is -0.129. The first-order valence-corrected chi connectivity index (χ1v) is 6.02. The van der Waals surface area contributed by atoms with E-state index in [0.717, 1.165) is 31.5 Å². The Morgan fingerprint density at radius 2 is 1.83 bits per heavy atom. The number of Topliss-reactive ketones (excluding diaryl/α,β-unsaturated/α-hetero) is 1. The quantitative estimate of drug-likeness (QED) is 0.764. The number of piperidine rings is 1. The Kier molecular flexibility index (Phi) is 6.72. The van der Waals surface area contributed by atoms with Crippen molar-refractivity contribution in [2.45, 2.75) is 19.4 Å². The van der Waals surface area contributed by atoms with E-state index in [1.54, 1.807) is 0 Å². The van der Waals surface area contributed by atoms with E-state index in [4.69, 9.17) is 0 Å². The molecule has 18 heavy (non-hydrogen) atoms. The number of hydrogen-bond acceptors (Lipinski definition) is 4. The standard InChI is InChI=1S/C8H8O2.C6H11NO/c9-7-10-6-8-4-2-1-3-5-8;1-7-4-2-6(8)3-5-7/h1-5,7H,6H2;2-5H2,1H3. The molecular formula is C14H19NO3. The number of ketones is 1. The van der Waals surface area contributed by atoms with Crippen LogP contribution in [-0.4, -0.2) is 37.3 Å². The van der Waals surface area contributed by atoms with Crippen LogP contribution in [-0.2, 0) is 20.9 Å². The second-order valence-corrected chi connectivity index (χ2v) is 4.23. The van der Waals surface area contributed by atoms with Crippen molar-refractivity contribution in [2.75, 3.05) is 20.1 Å². The molecule has 0 amide bonds. The van der Waals surface area contributed by atoms with Crippen molar-refractivity contribution in [3.63, 3.8) is 0 Å². The number of likely N-dealkylation sites (tertiary alicyclic amines) is 1. The molecule has 0 atom stereocenters. The zero-order valence-corrected chi connectivity index (χ0v) is 10.7. The highest BCUT2D eigenvalue weighted by Gasteiger charge is 2.10. The van der Waals surface area contributed by atoms with Gasteiger partial charge in [-0.15, -0.1) is 0 Å². The van der Waals surface area contributed by atoms with Crippen LogP contribution in [0.3, 0.4) is 0 Å². The van der Waals surface area contributed by atoms with E-state index in [-0.39, 0.29) is 0 Å². The largest absolute Gasteiger partial charge is 0.463 e. The molecule has 1 aromatic rings. The van der Waals surface area contributed by atoms with Gasteiger partial charge in [0.1, 0.15) is 12.4 Å². The van der Waals surface area contributed by atoms with Crippen LogP contribution in [0.1, 0.15) is 18.4 Å². The normalized spacial score (nSPS) is 15.5. The highest BCUT2D eigenvalue weighted by molar-refractivity contribution is 5.79. The van der Waals surface area contributed by atoms with Gasteiger partial charge in [0.2, 0.25) is 0 Å². The molecule has 0 bridgehead atoms. The van der Waals surface area contributed by atoms with Crippen molar-refractivity contribution in [3.05, 3.63) is 35.9 Å². The Morgan fingerprint density at radius 3 is 2.33 bits per heavy atom. The minimum atomic E-state index is 0.365. The van der Waals surface area contributed by atoms with Crippen LogP contribution < -0.4 is 0 Å². The van der Waals surface area contributed by atoms with Crippen molar-refractivity contribution >= 4 is 12.3 Å². The molecule has 0 aliphatic carbocycles. The first-order valence-electron chi connectivity index (χ1n) is 6.02. The van der Waals surface area contributed by atoms with Crippen LogP contribution >= 0.6 is 0 Å². The highest BCUT2D eigenvalue weighted by atomic mass is 16.5. The van der Waals surface area contributed by atoms with Crippen molar-refractivity contribution in [1.29, 1.82) is 0 Å². The number of hydrogen-bond donors (Lipinski definition) is 0. The molecule has 0 saturated carbocycles. The van der Waals surface area contributed by atoms with Crippen molar-refractivity contribution < 1.29 is 14.3 Å². The summed E-state index contributed by atoms with van der Waals surface area (Å²) in [7, 11) is 2.05. The summed E-state index contributed by atoms with van der Waals surface area (Å²) >= 11 is 0. The van der Waals surface area contributed by atoms with Crippen LogP contribution in [0.25, 0.3) is 0 Å². The van der Waals surface area contributed by atoms with E-state index in [9.17, 15) is 9.59 Å². The molecule has 98 valence electrons. The number of carbonyl (C=O) groups excluding carboxylic acids is 2. The summed E-state index contributed by atoms with van der Waals surface area (Å²) in [6.45, 7) is 2.73. The van der Waals surface area contributed by atoms with Gasteiger partial charge in [0.15, 0.2) is 0 Å². The topological polar surface area (TPSA) is 46.6 Å². The SMILES string of the molecule is CN1CCC(=O)CC1.O=COCc1ccccc1. The Hall–Kier alpha value is -1.68. The Labute approximate surface area is 108 Å². The van der Waals surface area contributed by atoms with Gasteiger partial charge in [-0.05, 0) is 12.6 Å². The summed E-state index contributed by atoms with van der Waals surface area (Å²) < 4.78 is 4.54. The molecule has 1 saturated heterocycles. The average molecular weight is 249 g/mol. The fourth-order valence-corrected chi connectivity index (χ4v) is 1.57. The average Bonchev–Trinajstić information content (AvgIpc) is 2.42. The predicted molar refractivity (Wildman–Crippen MR) is 69.0 cm³/mol. The number of carbonyl (C=O) groups is 2. The number of benzene rings is 1. The van der Waals surface area contributed by atoms with Gasteiger partial charge in [-0.25, -0.2) is 0 Å². The summed E-state index contributed by atoms with van der Waals surface area (Å²) in [6.07, 6.45) is 1.52. The summed E-state index contributed by atoms with van der Waals surface area (Å²) in [5.74, 6) is 0.420. The first kappa shape index (κ1) is 14.4. The van der Waals surface area contributed by atoms with E-state index >= 15 is 0 Å². The molecule has 0 N–H and O–H groups in total.